The Kier molecular flexibility index (Phi) is 5.74. The molecule has 32 heavy (non-hydrogen) atoms. The molecule has 0 bridgehead atoms. The molecule has 170 valence electrons. The highest BCUT2D eigenvalue weighted by Crippen LogP contribution is 2.31. The van der Waals surface area contributed by atoms with Crippen molar-refractivity contribution in [2.45, 2.75) is 31.0 Å². The largest absolute Gasteiger partial charge is 0.382 e. The summed E-state index contributed by atoms with van der Waals surface area (Å²) in [6.07, 6.45) is 5.88. The third-order valence-electron chi connectivity index (χ3n) is 4.89. The highest BCUT2D eigenvalue weighted by Gasteiger charge is 2.22. The summed E-state index contributed by atoms with van der Waals surface area (Å²) in [6.45, 7) is 2.02. The van der Waals surface area contributed by atoms with E-state index in [1.807, 2.05) is 6.92 Å². The number of halogens is 1. The van der Waals surface area contributed by atoms with Gasteiger partial charge in [-0.1, -0.05) is 25.5 Å². The number of nitrogen functional groups attached to an aromatic ring is 1. The van der Waals surface area contributed by atoms with Crippen LogP contribution in [0.5, 0.6) is 0 Å². The van der Waals surface area contributed by atoms with Gasteiger partial charge < -0.3 is 11.1 Å². The quantitative estimate of drug-likeness (QED) is 0.400. The summed E-state index contributed by atoms with van der Waals surface area (Å²) < 4.78 is 39.5. The fourth-order valence-electron chi connectivity index (χ4n) is 3.43. The number of hydrogen-bond donors (Lipinski definition) is 2. The number of hydrogen-bond acceptors (Lipinski definition) is 8. The van der Waals surface area contributed by atoms with Crippen LogP contribution in [0, 0.1) is 5.82 Å². The van der Waals surface area contributed by atoms with E-state index in [9.17, 15) is 12.8 Å². The van der Waals surface area contributed by atoms with E-state index in [1.54, 1.807) is 36.7 Å². The summed E-state index contributed by atoms with van der Waals surface area (Å²) in [5.74, 6) is 0.132. The van der Waals surface area contributed by atoms with Crippen LogP contribution in [-0.4, -0.2) is 39.2 Å². The number of nitrogens with two attached hydrogens (primary N) is 1. The van der Waals surface area contributed by atoms with Crippen molar-refractivity contribution in [2.75, 3.05) is 17.3 Å². The molecule has 4 rings (SSSR count). The molecule has 1 atom stereocenters. The second-order valence-electron chi connectivity index (χ2n) is 7.38. The van der Waals surface area contributed by atoms with Gasteiger partial charge in [-0.05, 0) is 30.2 Å². The number of anilines is 2. The number of fused-ring (bicyclic) bond motifs is 1. The maximum Gasteiger partial charge on any atom is 0.249 e. The number of nitrogens with zero attached hydrogens (tertiary/aromatic N) is 5. The van der Waals surface area contributed by atoms with Crippen LogP contribution >= 0.6 is 0 Å². The lowest BCUT2D eigenvalue weighted by Crippen LogP contribution is -2.14. The van der Waals surface area contributed by atoms with Crippen molar-refractivity contribution >= 4 is 27.1 Å². The minimum Gasteiger partial charge on any atom is -0.382 e. The number of nitrogens with one attached hydrogen (secondary N) is 1. The fourth-order valence-corrected chi connectivity index (χ4v) is 3.96. The van der Waals surface area contributed by atoms with Gasteiger partial charge in [-0.15, -0.1) is 5.10 Å². The molecule has 4 aromatic rings. The molecule has 0 spiro atoms. The Morgan fingerprint density at radius 1 is 1.25 bits per heavy atom. The van der Waals surface area contributed by atoms with Gasteiger partial charge in [0.15, 0.2) is 11.5 Å². The first-order valence-electron chi connectivity index (χ1n) is 9.96. The van der Waals surface area contributed by atoms with Crippen molar-refractivity contribution in [1.29, 1.82) is 0 Å². The van der Waals surface area contributed by atoms with Gasteiger partial charge in [0.2, 0.25) is 15.0 Å². The molecule has 11 heteroatoms. The highest BCUT2D eigenvalue weighted by atomic mass is 32.2. The van der Waals surface area contributed by atoms with Crippen LogP contribution in [0.4, 0.5) is 16.0 Å². The summed E-state index contributed by atoms with van der Waals surface area (Å²) in [7, 11) is -3.72. The van der Waals surface area contributed by atoms with E-state index < -0.39 is 9.84 Å². The zero-order chi connectivity index (χ0) is 22.9. The van der Waals surface area contributed by atoms with Crippen LogP contribution in [0.2, 0.25) is 0 Å². The summed E-state index contributed by atoms with van der Waals surface area (Å²) in [5.41, 5.74) is 8.10. The summed E-state index contributed by atoms with van der Waals surface area (Å²) >= 11 is 0. The monoisotopic (exact) mass is 459 g/mol. The van der Waals surface area contributed by atoms with Crippen LogP contribution < -0.4 is 11.1 Å². The van der Waals surface area contributed by atoms with Gasteiger partial charge in [0.25, 0.3) is 0 Å². The minimum absolute atomic E-state index is 0. The maximum absolute atomic E-state index is 13.4. The van der Waals surface area contributed by atoms with Gasteiger partial charge in [0, 0.05) is 27.6 Å². The Balaban J connectivity index is 0.00000204. The molecular weight excluding hydrogens is 433 g/mol. The lowest BCUT2D eigenvalue weighted by molar-refractivity contribution is 0.592. The Hall–Kier alpha value is -3.60. The van der Waals surface area contributed by atoms with Gasteiger partial charge in [0.05, 0.1) is 17.3 Å². The van der Waals surface area contributed by atoms with Crippen molar-refractivity contribution in [1.82, 2.24) is 24.6 Å². The Labute approximate surface area is 187 Å². The van der Waals surface area contributed by atoms with Crippen molar-refractivity contribution < 1.29 is 15.7 Å². The Morgan fingerprint density at radius 3 is 2.69 bits per heavy atom. The van der Waals surface area contributed by atoms with Gasteiger partial charge in [-0.3, -0.25) is 0 Å². The molecule has 0 saturated heterocycles. The normalized spacial score (nSPS) is 12.7. The summed E-state index contributed by atoms with van der Waals surface area (Å²) in [5, 5.41) is 7.15. The van der Waals surface area contributed by atoms with E-state index >= 15 is 0 Å². The van der Waals surface area contributed by atoms with Gasteiger partial charge in [-0.2, -0.15) is 0 Å². The van der Waals surface area contributed by atoms with Gasteiger partial charge >= 0.3 is 0 Å². The lowest BCUT2D eigenvalue weighted by Gasteiger charge is -2.20. The third-order valence-corrected chi connectivity index (χ3v) is 5.73. The smallest absolute Gasteiger partial charge is 0.249 e. The van der Waals surface area contributed by atoms with Crippen LogP contribution in [0.25, 0.3) is 16.9 Å². The second kappa shape index (κ2) is 8.50. The maximum atomic E-state index is 13.4. The number of benzene rings is 1. The Bertz CT molecular complexity index is 1380. The van der Waals surface area contributed by atoms with Crippen molar-refractivity contribution in [3.63, 3.8) is 0 Å². The number of sulfone groups is 1. The molecule has 0 radical (unpaired) electrons. The number of aromatic nitrogens is 5. The molecule has 0 aliphatic heterocycles. The first-order valence-corrected chi connectivity index (χ1v) is 11.9. The minimum atomic E-state index is -3.72. The van der Waals surface area contributed by atoms with E-state index in [-0.39, 0.29) is 31.4 Å². The molecule has 3 heterocycles. The molecule has 0 aliphatic carbocycles. The van der Waals surface area contributed by atoms with Crippen LogP contribution in [0.15, 0.2) is 53.9 Å². The topological polar surface area (TPSA) is 128 Å². The average Bonchev–Trinajstić information content (AvgIpc) is 3.09. The molecular formula is C21H26FN7O2S. The molecule has 0 amide bonds. The van der Waals surface area contributed by atoms with Crippen molar-refractivity contribution in [2.24, 2.45) is 0 Å². The van der Waals surface area contributed by atoms with E-state index in [4.69, 9.17) is 5.73 Å². The molecule has 0 unspecified atom stereocenters. The third kappa shape index (κ3) is 4.37. The molecule has 0 saturated carbocycles. The molecule has 0 fully saturated rings. The van der Waals surface area contributed by atoms with Crippen molar-refractivity contribution in [3.05, 3.63) is 60.2 Å². The van der Waals surface area contributed by atoms with E-state index in [0.717, 1.165) is 24.7 Å². The van der Waals surface area contributed by atoms with Crippen LogP contribution in [-0.2, 0) is 9.84 Å². The van der Waals surface area contributed by atoms with E-state index in [0.29, 0.717) is 17.0 Å². The zero-order valence-electron chi connectivity index (χ0n) is 17.5. The molecule has 3 aromatic heterocycles. The van der Waals surface area contributed by atoms with E-state index in [2.05, 4.69) is 25.4 Å². The number of rotatable bonds is 7. The van der Waals surface area contributed by atoms with E-state index in [1.165, 1.54) is 16.6 Å². The fraction of sp³-hybridized carbons (Fsp3) is 0.238. The van der Waals surface area contributed by atoms with Crippen LogP contribution in [0.1, 0.15) is 34.2 Å². The summed E-state index contributed by atoms with van der Waals surface area (Å²) in [4.78, 5) is 12.8. The Morgan fingerprint density at radius 2 is 2.00 bits per heavy atom. The van der Waals surface area contributed by atoms with Crippen LogP contribution in [0.3, 0.4) is 0 Å². The highest BCUT2D eigenvalue weighted by molar-refractivity contribution is 7.90. The second-order valence-corrected chi connectivity index (χ2v) is 9.29. The first kappa shape index (κ1) is 21.6. The standard InChI is InChI=1S/C21H22FN7O2S.2H2/c1-3-5-15(13-6-8-14(22)9-7-13)25-17-12-16(26-21(27-17)32(2,30)31)18-19(23)28-29-11-4-10-24-20(18)29;;/h4,6-12,15H,3,5H2,1-2H3,(H2,23,28)(H,25,26,27);2*1H/t15-;;/m0../s1. The van der Waals surface area contributed by atoms with Gasteiger partial charge in [-0.25, -0.2) is 32.3 Å². The molecule has 3 N–H and O–H groups in total. The molecule has 9 nitrogen and oxygen atoms in total. The SMILES string of the molecule is CCC[C@H](Nc1cc(-c2c(N)nn3cccnc23)nc(S(C)(=O)=O)n1)c1ccc(F)cc1.[HH].[HH]. The first-order chi connectivity index (χ1) is 15.3. The zero-order valence-corrected chi connectivity index (χ0v) is 18.3. The van der Waals surface area contributed by atoms with Crippen molar-refractivity contribution in [3.8, 4) is 11.3 Å². The summed E-state index contributed by atoms with van der Waals surface area (Å²) in [6, 6.07) is 9.26. The lowest BCUT2D eigenvalue weighted by atomic mass is 10.0. The van der Waals surface area contributed by atoms with Gasteiger partial charge in [0.1, 0.15) is 11.6 Å². The predicted octanol–water partition coefficient (Wildman–Crippen LogP) is 3.76. The predicted molar refractivity (Wildman–Crippen MR) is 123 cm³/mol. The molecule has 0 aliphatic rings. The molecule has 1 aromatic carbocycles. The average molecular weight is 460 g/mol.